The first-order valence-corrected chi connectivity index (χ1v) is 9.94. The highest BCUT2D eigenvalue weighted by Gasteiger charge is 2.16. The standard InChI is InChI=1S/C22H36N2/c1-5-9-13-19(14-10-6-2)21(17-23)22(18-24)20(15-11-7-3)16-12-8-4/h5-16H2,1-4H3. The summed E-state index contributed by atoms with van der Waals surface area (Å²) < 4.78 is 0. The van der Waals surface area contributed by atoms with Gasteiger partial charge in [-0.15, -0.1) is 0 Å². The molecule has 0 aliphatic rings. The van der Waals surface area contributed by atoms with Crippen molar-refractivity contribution in [2.45, 2.75) is 105 Å². The molecule has 0 radical (unpaired) electrons. The number of hydrogen-bond donors (Lipinski definition) is 0. The highest BCUT2D eigenvalue weighted by molar-refractivity contribution is 5.55. The molecule has 0 aromatic carbocycles. The molecule has 2 nitrogen and oxygen atoms in total. The minimum Gasteiger partial charge on any atom is -0.192 e. The van der Waals surface area contributed by atoms with E-state index in [0.717, 1.165) is 77.0 Å². The summed E-state index contributed by atoms with van der Waals surface area (Å²) in [7, 11) is 0. The van der Waals surface area contributed by atoms with Crippen molar-refractivity contribution >= 4 is 0 Å². The highest BCUT2D eigenvalue weighted by atomic mass is 14.3. The SMILES string of the molecule is CCCCC(CCCC)=C(C#N)C(C#N)=C(CCCC)CCCC. The lowest BCUT2D eigenvalue weighted by Crippen LogP contribution is -2.00. The lowest BCUT2D eigenvalue weighted by Gasteiger charge is -2.14. The van der Waals surface area contributed by atoms with Gasteiger partial charge in [0.1, 0.15) is 12.1 Å². The average molecular weight is 329 g/mol. The van der Waals surface area contributed by atoms with Crippen LogP contribution in [0.25, 0.3) is 0 Å². The monoisotopic (exact) mass is 328 g/mol. The molecule has 0 atom stereocenters. The number of rotatable bonds is 13. The van der Waals surface area contributed by atoms with E-state index >= 15 is 0 Å². The molecule has 0 aromatic rings. The van der Waals surface area contributed by atoms with Crippen LogP contribution < -0.4 is 0 Å². The average Bonchev–Trinajstić information content (AvgIpc) is 2.61. The van der Waals surface area contributed by atoms with E-state index in [4.69, 9.17) is 0 Å². The molecule has 0 amide bonds. The number of nitriles is 2. The van der Waals surface area contributed by atoms with Gasteiger partial charge in [0.25, 0.3) is 0 Å². The van der Waals surface area contributed by atoms with Gasteiger partial charge in [-0.05, 0) is 51.4 Å². The number of unbranched alkanes of at least 4 members (excludes halogenated alkanes) is 4. The molecule has 0 N–H and O–H groups in total. The Labute approximate surface area is 150 Å². The predicted octanol–water partition coefficient (Wildman–Crippen LogP) is 7.39. The smallest absolute Gasteiger partial charge is 0.100 e. The Morgan fingerprint density at radius 2 is 0.792 bits per heavy atom. The fraction of sp³-hybridized carbons (Fsp3) is 0.727. The van der Waals surface area contributed by atoms with Crippen LogP contribution in [0.4, 0.5) is 0 Å². The molecular formula is C22H36N2. The Balaban J connectivity index is 5.87. The van der Waals surface area contributed by atoms with Gasteiger partial charge in [-0.3, -0.25) is 0 Å². The zero-order chi connectivity index (χ0) is 18.2. The maximum Gasteiger partial charge on any atom is 0.100 e. The summed E-state index contributed by atoms with van der Waals surface area (Å²) in [5.74, 6) is 0. The van der Waals surface area contributed by atoms with Crippen molar-refractivity contribution in [2.75, 3.05) is 0 Å². The third kappa shape index (κ3) is 8.35. The van der Waals surface area contributed by atoms with E-state index in [0.29, 0.717) is 11.1 Å². The Morgan fingerprint density at radius 3 is 0.958 bits per heavy atom. The molecular weight excluding hydrogens is 292 g/mol. The Hall–Kier alpha value is -1.54. The van der Waals surface area contributed by atoms with E-state index in [1.165, 1.54) is 11.1 Å². The van der Waals surface area contributed by atoms with Gasteiger partial charge in [-0.2, -0.15) is 10.5 Å². The Morgan fingerprint density at radius 1 is 0.542 bits per heavy atom. The topological polar surface area (TPSA) is 47.6 Å². The van der Waals surface area contributed by atoms with Gasteiger partial charge in [-0.1, -0.05) is 64.5 Å². The molecule has 0 saturated carbocycles. The third-order valence-corrected chi connectivity index (χ3v) is 4.51. The van der Waals surface area contributed by atoms with Gasteiger partial charge in [0.2, 0.25) is 0 Å². The van der Waals surface area contributed by atoms with Crippen LogP contribution >= 0.6 is 0 Å². The molecule has 0 bridgehead atoms. The van der Waals surface area contributed by atoms with Crippen molar-refractivity contribution in [2.24, 2.45) is 0 Å². The van der Waals surface area contributed by atoms with Crippen molar-refractivity contribution in [3.63, 3.8) is 0 Å². The van der Waals surface area contributed by atoms with Crippen molar-refractivity contribution in [1.82, 2.24) is 0 Å². The van der Waals surface area contributed by atoms with Gasteiger partial charge in [0.15, 0.2) is 0 Å². The highest BCUT2D eigenvalue weighted by Crippen LogP contribution is 2.29. The molecule has 0 fully saturated rings. The van der Waals surface area contributed by atoms with Crippen LogP contribution in [0.5, 0.6) is 0 Å². The second-order valence-corrected chi connectivity index (χ2v) is 6.59. The summed E-state index contributed by atoms with van der Waals surface area (Å²) in [5, 5.41) is 19.6. The number of allylic oxidation sites excluding steroid dienone is 4. The number of nitrogens with zero attached hydrogens (tertiary/aromatic N) is 2. The summed E-state index contributed by atoms with van der Waals surface area (Å²) >= 11 is 0. The quantitative estimate of drug-likeness (QED) is 0.261. The first kappa shape index (κ1) is 22.5. The van der Waals surface area contributed by atoms with Crippen molar-refractivity contribution in [1.29, 1.82) is 10.5 Å². The van der Waals surface area contributed by atoms with Crippen LogP contribution in [0.3, 0.4) is 0 Å². The van der Waals surface area contributed by atoms with Crippen LogP contribution in [0.2, 0.25) is 0 Å². The third-order valence-electron chi connectivity index (χ3n) is 4.51. The molecule has 0 spiro atoms. The normalized spacial score (nSPS) is 9.92. The van der Waals surface area contributed by atoms with E-state index in [1.807, 2.05) is 0 Å². The molecule has 2 heteroatoms. The molecule has 0 aliphatic heterocycles. The fourth-order valence-corrected chi connectivity index (χ4v) is 2.93. The summed E-state index contributed by atoms with van der Waals surface area (Å²) in [6.07, 6.45) is 12.7. The molecule has 0 saturated heterocycles. The van der Waals surface area contributed by atoms with E-state index < -0.39 is 0 Å². The molecule has 0 rings (SSSR count). The van der Waals surface area contributed by atoms with Gasteiger partial charge < -0.3 is 0 Å². The predicted molar refractivity (Wildman–Crippen MR) is 103 cm³/mol. The maximum absolute atomic E-state index is 9.80. The van der Waals surface area contributed by atoms with Gasteiger partial charge in [-0.25, -0.2) is 0 Å². The van der Waals surface area contributed by atoms with Crippen LogP contribution in [-0.2, 0) is 0 Å². The zero-order valence-electron chi connectivity index (χ0n) is 16.4. The van der Waals surface area contributed by atoms with E-state index in [9.17, 15) is 10.5 Å². The first-order chi connectivity index (χ1) is 11.7. The number of hydrogen-bond acceptors (Lipinski definition) is 2. The van der Waals surface area contributed by atoms with E-state index in [2.05, 4.69) is 39.8 Å². The molecule has 0 aliphatic carbocycles. The first-order valence-electron chi connectivity index (χ1n) is 9.94. The van der Waals surface area contributed by atoms with Gasteiger partial charge in [0.05, 0.1) is 11.1 Å². The molecule has 0 heterocycles. The molecule has 0 aromatic heterocycles. The fourth-order valence-electron chi connectivity index (χ4n) is 2.93. The second kappa shape index (κ2) is 15.0. The van der Waals surface area contributed by atoms with Gasteiger partial charge >= 0.3 is 0 Å². The molecule has 134 valence electrons. The largest absolute Gasteiger partial charge is 0.192 e. The van der Waals surface area contributed by atoms with Crippen molar-refractivity contribution in [3.8, 4) is 12.1 Å². The lowest BCUT2D eigenvalue weighted by atomic mass is 9.88. The summed E-state index contributed by atoms with van der Waals surface area (Å²) in [5.41, 5.74) is 3.81. The summed E-state index contributed by atoms with van der Waals surface area (Å²) in [6, 6.07) is 4.81. The van der Waals surface area contributed by atoms with E-state index in [1.54, 1.807) is 0 Å². The van der Waals surface area contributed by atoms with Crippen molar-refractivity contribution < 1.29 is 0 Å². The Bertz CT molecular complexity index is 417. The summed E-state index contributed by atoms with van der Waals surface area (Å²) in [4.78, 5) is 0. The molecule has 0 unspecified atom stereocenters. The minimum absolute atomic E-state index is 0.696. The lowest BCUT2D eigenvalue weighted by molar-refractivity contribution is 0.700. The molecule has 24 heavy (non-hydrogen) atoms. The van der Waals surface area contributed by atoms with Crippen LogP contribution in [0, 0.1) is 22.7 Å². The van der Waals surface area contributed by atoms with Crippen LogP contribution in [0.1, 0.15) is 105 Å². The maximum atomic E-state index is 9.80. The summed E-state index contributed by atoms with van der Waals surface area (Å²) in [6.45, 7) is 8.72. The van der Waals surface area contributed by atoms with Crippen molar-refractivity contribution in [3.05, 3.63) is 22.3 Å². The van der Waals surface area contributed by atoms with E-state index in [-0.39, 0.29) is 0 Å². The van der Waals surface area contributed by atoms with Crippen LogP contribution in [-0.4, -0.2) is 0 Å². The minimum atomic E-state index is 0.696. The van der Waals surface area contributed by atoms with Crippen LogP contribution in [0.15, 0.2) is 22.3 Å². The second-order valence-electron chi connectivity index (χ2n) is 6.59. The zero-order valence-corrected chi connectivity index (χ0v) is 16.4. The van der Waals surface area contributed by atoms with Gasteiger partial charge in [0, 0.05) is 0 Å². The Kier molecular flexibility index (Phi) is 14.1.